The maximum atomic E-state index is 13.7. The summed E-state index contributed by atoms with van der Waals surface area (Å²) in [5.74, 6) is -0.229. The second-order valence-corrected chi connectivity index (χ2v) is 11.5. The van der Waals surface area contributed by atoms with E-state index in [1.54, 1.807) is 0 Å². The molecule has 4 N–H and O–H groups in total. The largest absolute Gasteiger partial charge is 0.388 e. The van der Waals surface area contributed by atoms with Crippen LogP contribution in [0.2, 0.25) is 0 Å². The summed E-state index contributed by atoms with van der Waals surface area (Å²) in [6, 6.07) is -0.573. The van der Waals surface area contributed by atoms with Gasteiger partial charge < -0.3 is 40.1 Å². The minimum atomic E-state index is -1.24. The summed E-state index contributed by atoms with van der Waals surface area (Å²) >= 11 is 0. The van der Waals surface area contributed by atoms with Crippen LogP contribution in [0.15, 0.2) is 0 Å². The molecule has 12 heteroatoms. The first-order chi connectivity index (χ1) is 17.7. The fourth-order valence-electron chi connectivity index (χ4n) is 6.23. The lowest BCUT2D eigenvalue weighted by atomic mass is 9.91. The number of likely N-dealkylation sites (tertiary alicyclic amines) is 1. The molecular formula is C25H41N5O7. The molecule has 0 aromatic rings. The Kier molecular flexibility index (Phi) is 7.92. The summed E-state index contributed by atoms with van der Waals surface area (Å²) in [7, 11) is 0. The van der Waals surface area contributed by atoms with Gasteiger partial charge in [0.05, 0.1) is 44.4 Å². The minimum absolute atomic E-state index is 0.0173. The third kappa shape index (κ3) is 5.73. The molecule has 0 unspecified atom stereocenters. The van der Waals surface area contributed by atoms with Crippen LogP contribution in [0, 0.1) is 0 Å². The fourth-order valence-corrected chi connectivity index (χ4v) is 6.23. The Morgan fingerprint density at radius 1 is 1.08 bits per heavy atom. The van der Waals surface area contributed by atoms with Gasteiger partial charge in [-0.25, -0.2) is 4.79 Å². The summed E-state index contributed by atoms with van der Waals surface area (Å²) in [5.41, 5.74) is 0. The summed E-state index contributed by atoms with van der Waals surface area (Å²) in [6.45, 7) is 5.76. The van der Waals surface area contributed by atoms with Gasteiger partial charge in [-0.2, -0.15) is 0 Å². The number of hydrogen-bond acceptors (Lipinski definition) is 8. The molecule has 4 aliphatic heterocycles. The first-order valence-corrected chi connectivity index (χ1v) is 13.7. The Bertz CT molecular complexity index is 870. The molecule has 4 saturated heterocycles. The second kappa shape index (κ2) is 11.0. The zero-order valence-corrected chi connectivity index (χ0v) is 21.8. The van der Waals surface area contributed by atoms with E-state index in [0.717, 1.165) is 19.3 Å². The van der Waals surface area contributed by atoms with Gasteiger partial charge in [0.15, 0.2) is 0 Å². The number of nitrogens with zero attached hydrogens (tertiary/aromatic N) is 3. The molecule has 7 atom stereocenters. The predicted octanol–water partition coefficient (Wildman–Crippen LogP) is -1.36. The third-order valence-corrected chi connectivity index (χ3v) is 8.36. The van der Waals surface area contributed by atoms with Gasteiger partial charge in [-0.05, 0) is 33.1 Å². The second-order valence-electron chi connectivity index (χ2n) is 11.5. The van der Waals surface area contributed by atoms with Crippen LogP contribution >= 0.6 is 0 Å². The lowest BCUT2D eigenvalue weighted by molar-refractivity contribution is -0.145. The van der Waals surface area contributed by atoms with E-state index in [2.05, 4.69) is 15.5 Å². The van der Waals surface area contributed by atoms with Crippen LogP contribution in [0.25, 0.3) is 0 Å². The minimum Gasteiger partial charge on any atom is -0.388 e. The van der Waals surface area contributed by atoms with Crippen molar-refractivity contribution in [2.75, 3.05) is 39.3 Å². The van der Waals surface area contributed by atoms with E-state index < -0.39 is 30.5 Å². The molecule has 12 nitrogen and oxygen atoms in total. The number of rotatable bonds is 2. The van der Waals surface area contributed by atoms with Gasteiger partial charge in [-0.3, -0.25) is 14.5 Å². The van der Waals surface area contributed by atoms with E-state index in [0.29, 0.717) is 38.7 Å². The Balaban J connectivity index is 1.40. The number of amides is 4. The van der Waals surface area contributed by atoms with E-state index in [-0.39, 0.29) is 55.5 Å². The number of carbonyl (C=O) groups excluding carboxylic acids is 3. The molecule has 5 rings (SSSR count). The highest BCUT2D eigenvalue weighted by Gasteiger charge is 2.47. The van der Waals surface area contributed by atoms with Crippen LogP contribution in [0.1, 0.15) is 46.0 Å². The fraction of sp³-hybridized carbons (Fsp3) is 0.880. The highest BCUT2D eigenvalue weighted by molar-refractivity contribution is 5.83. The quantitative estimate of drug-likeness (QED) is 0.348. The Hall–Kier alpha value is -1.99. The van der Waals surface area contributed by atoms with E-state index in [9.17, 15) is 24.6 Å². The number of ether oxygens (including phenoxy) is 2. The topological polar surface area (TPSA) is 144 Å². The van der Waals surface area contributed by atoms with Gasteiger partial charge in [-0.1, -0.05) is 6.42 Å². The summed E-state index contributed by atoms with van der Waals surface area (Å²) < 4.78 is 11.9. The van der Waals surface area contributed by atoms with Crippen molar-refractivity contribution in [3.63, 3.8) is 0 Å². The first-order valence-electron chi connectivity index (χ1n) is 13.7. The van der Waals surface area contributed by atoms with Crippen LogP contribution in [0.3, 0.4) is 0 Å². The molecule has 5 aliphatic rings. The standard InChI is InChI=1S/C25H41N5O7/c1-14(2)26-25(35)29-12-17-11-28(6-7-36-17)24(34)18-8-15(10-30(18)16-4-3-5-16)27-21(31)9-19-22(32)23(33)20(13-29)37-19/h14-20,22-23,32-33H,3-13H2,1-2H3,(H,26,35)(H,27,31)/t15-,17-,18-,19-,20+,22-,23+/m0/s1. The molecule has 4 heterocycles. The van der Waals surface area contributed by atoms with Crippen molar-refractivity contribution >= 4 is 17.8 Å². The molecule has 0 spiro atoms. The molecule has 0 aromatic heterocycles. The van der Waals surface area contributed by atoms with Crippen molar-refractivity contribution < 1.29 is 34.1 Å². The maximum absolute atomic E-state index is 13.7. The number of fused-ring (bicyclic) bond motifs is 6. The molecule has 0 aromatic carbocycles. The van der Waals surface area contributed by atoms with Crippen LogP contribution in [-0.2, 0) is 19.1 Å². The molecule has 4 amide bonds. The highest BCUT2D eigenvalue weighted by atomic mass is 16.5. The zero-order valence-electron chi connectivity index (χ0n) is 21.8. The molecule has 37 heavy (non-hydrogen) atoms. The van der Waals surface area contributed by atoms with Crippen molar-refractivity contribution in [1.82, 2.24) is 25.3 Å². The number of nitrogens with one attached hydrogen (secondary N) is 2. The maximum Gasteiger partial charge on any atom is 0.317 e. The number of morpholine rings is 1. The number of aliphatic hydroxyl groups excluding tert-OH is 2. The van der Waals surface area contributed by atoms with Crippen molar-refractivity contribution in [2.24, 2.45) is 0 Å². The van der Waals surface area contributed by atoms with Crippen molar-refractivity contribution in [1.29, 1.82) is 0 Å². The molecular weight excluding hydrogens is 482 g/mol. The molecule has 1 saturated carbocycles. The van der Waals surface area contributed by atoms with Crippen molar-refractivity contribution in [2.45, 2.75) is 101 Å². The van der Waals surface area contributed by atoms with E-state index >= 15 is 0 Å². The normalized spacial score (nSPS) is 38.0. The molecule has 208 valence electrons. The average Bonchev–Trinajstić information content (AvgIpc) is 3.32. The lowest BCUT2D eigenvalue weighted by Gasteiger charge is -2.41. The van der Waals surface area contributed by atoms with Crippen LogP contribution in [0.4, 0.5) is 4.79 Å². The monoisotopic (exact) mass is 523 g/mol. The van der Waals surface area contributed by atoms with Crippen molar-refractivity contribution in [3.05, 3.63) is 0 Å². The van der Waals surface area contributed by atoms with E-state index in [4.69, 9.17) is 9.47 Å². The first kappa shape index (κ1) is 26.6. The summed E-state index contributed by atoms with van der Waals surface area (Å²) in [6.07, 6.45) is -0.935. The van der Waals surface area contributed by atoms with Crippen LogP contribution < -0.4 is 10.6 Å². The van der Waals surface area contributed by atoms with E-state index in [1.807, 2.05) is 18.7 Å². The number of hydrogen-bond donors (Lipinski definition) is 4. The molecule has 0 radical (unpaired) electrons. The summed E-state index contributed by atoms with van der Waals surface area (Å²) in [4.78, 5) is 45.3. The van der Waals surface area contributed by atoms with Gasteiger partial charge in [0.25, 0.3) is 0 Å². The predicted molar refractivity (Wildman–Crippen MR) is 132 cm³/mol. The van der Waals surface area contributed by atoms with Gasteiger partial charge in [0.2, 0.25) is 11.8 Å². The average molecular weight is 524 g/mol. The number of urea groups is 1. The Morgan fingerprint density at radius 3 is 2.54 bits per heavy atom. The Morgan fingerprint density at radius 2 is 1.84 bits per heavy atom. The number of aliphatic hydroxyl groups is 2. The zero-order chi connectivity index (χ0) is 26.3. The molecule has 5 fully saturated rings. The SMILES string of the molecule is CC(C)NC(=O)N1C[C@@H]2CN(CCO2)C(=O)[C@@H]2C[C@@H](CN2C2CCC2)NC(=O)C[C@@H]2O[C@H](C1)[C@@H](O)[C@H]2O. The van der Waals surface area contributed by atoms with Crippen molar-refractivity contribution in [3.8, 4) is 0 Å². The smallest absolute Gasteiger partial charge is 0.317 e. The van der Waals surface area contributed by atoms with Crippen LogP contribution in [0.5, 0.6) is 0 Å². The van der Waals surface area contributed by atoms with Gasteiger partial charge >= 0.3 is 6.03 Å². The number of carbonyl (C=O) groups is 3. The molecule has 6 bridgehead atoms. The summed E-state index contributed by atoms with van der Waals surface area (Å²) in [5, 5.41) is 27.3. The van der Waals surface area contributed by atoms with Gasteiger partial charge in [0.1, 0.15) is 18.3 Å². The van der Waals surface area contributed by atoms with Crippen LogP contribution in [-0.4, -0.2) is 137 Å². The Labute approximate surface area is 217 Å². The lowest BCUT2D eigenvalue weighted by Crippen LogP contribution is -2.57. The molecule has 1 aliphatic carbocycles. The van der Waals surface area contributed by atoms with Gasteiger partial charge in [-0.15, -0.1) is 0 Å². The highest BCUT2D eigenvalue weighted by Crippen LogP contribution is 2.33. The third-order valence-electron chi connectivity index (χ3n) is 8.36. The van der Waals surface area contributed by atoms with E-state index in [1.165, 1.54) is 4.90 Å². The van der Waals surface area contributed by atoms with Gasteiger partial charge in [0, 0.05) is 37.8 Å².